The summed E-state index contributed by atoms with van der Waals surface area (Å²) in [6, 6.07) is -1.25. The van der Waals surface area contributed by atoms with E-state index in [1.807, 2.05) is 6.92 Å². The van der Waals surface area contributed by atoms with Crippen LogP contribution < -0.4 is 21.3 Å². The number of ether oxygens (including phenoxy) is 4. The number of carbonyl (C=O) groups is 6. The van der Waals surface area contributed by atoms with Crippen LogP contribution in [0.4, 0.5) is 0 Å². The molecule has 0 radical (unpaired) electrons. The zero-order valence-electron chi connectivity index (χ0n) is 29.9. The minimum atomic E-state index is -1.27. The summed E-state index contributed by atoms with van der Waals surface area (Å²) in [5, 5.41) is 28.5. The van der Waals surface area contributed by atoms with E-state index in [4.69, 9.17) is 24.1 Å². The van der Waals surface area contributed by atoms with E-state index in [0.29, 0.717) is 26.1 Å². The Morgan fingerprint density at radius 2 is 0.940 bits per heavy atom. The van der Waals surface area contributed by atoms with Gasteiger partial charge in [-0.15, -0.1) is 0 Å². The Morgan fingerprint density at radius 1 is 0.500 bits per heavy atom. The molecule has 0 aromatic carbocycles. The molecule has 0 saturated carbocycles. The highest BCUT2D eigenvalue weighted by Crippen LogP contribution is 2.12. The molecule has 0 aliphatic carbocycles. The zero-order chi connectivity index (χ0) is 37.1. The van der Waals surface area contributed by atoms with Gasteiger partial charge in [-0.3, -0.25) is 24.0 Å². The van der Waals surface area contributed by atoms with E-state index in [1.165, 1.54) is 12.8 Å². The lowest BCUT2D eigenvalue weighted by molar-refractivity contribution is -0.143. The molecule has 0 unspecified atom stereocenters. The summed E-state index contributed by atoms with van der Waals surface area (Å²) < 4.78 is 21.1. The average Bonchev–Trinajstić information content (AvgIpc) is 3.08. The lowest BCUT2D eigenvalue weighted by Crippen LogP contribution is -2.43. The molecule has 0 rings (SSSR count). The molecule has 0 heterocycles. The summed E-state index contributed by atoms with van der Waals surface area (Å²) in [4.78, 5) is 69.5. The third-order valence-corrected chi connectivity index (χ3v) is 7.26. The van der Waals surface area contributed by atoms with Crippen molar-refractivity contribution in [3.8, 4) is 0 Å². The quantitative estimate of drug-likeness (QED) is 0.0511. The molecule has 50 heavy (non-hydrogen) atoms. The van der Waals surface area contributed by atoms with Crippen LogP contribution in [0.1, 0.15) is 103 Å². The van der Waals surface area contributed by atoms with Crippen molar-refractivity contribution in [2.45, 2.75) is 109 Å². The number of carboxylic acid groups (broad SMARTS) is 2. The molecule has 16 heteroatoms. The van der Waals surface area contributed by atoms with Crippen LogP contribution in [0.25, 0.3) is 0 Å². The maximum absolute atomic E-state index is 12.1. The predicted octanol–water partition coefficient (Wildman–Crippen LogP) is 1.93. The second-order valence-corrected chi connectivity index (χ2v) is 11.8. The molecule has 0 saturated heterocycles. The molecule has 290 valence electrons. The maximum atomic E-state index is 12.1. The fourth-order valence-corrected chi connectivity index (χ4v) is 4.53. The van der Waals surface area contributed by atoms with Gasteiger partial charge >= 0.3 is 11.9 Å². The molecule has 0 aliphatic heterocycles. The first-order chi connectivity index (χ1) is 24.1. The smallest absolute Gasteiger partial charge is 0.326 e. The first kappa shape index (κ1) is 46.7. The highest BCUT2D eigenvalue weighted by atomic mass is 16.5. The van der Waals surface area contributed by atoms with Crippen molar-refractivity contribution in [2.24, 2.45) is 0 Å². The minimum Gasteiger partial charge on any atom is -0.481 e. The largest absolute Gasteiger partial charge is 0.481 e. The third kappa shape index (κ3) is 33.2. The van der Waals surface area contributed by atoms with Gasteiger partial charge in [0, 0.05) is 38.9 Å². The van der Waals surface area contributed by atoms with Crippen molar-refractivity contribution >= 4 is 35.6 Å². The summed E-state index contributed by atoms with van der Waals surface area (Å²) in [6.45, 7) is 4.01. The molecule has 6 N–H and O–H groups in total. The molecular formula is C34H62N4O12. The molecule has 0 aliphatic rings. The van der Waals surface area contributed by atoms with Crippen LogP contribution in [0, 0.1) is 0 Å². The molecule has 0 spiro atoms. The maximum Gasteiger partial charge on any atom is 0.326 e. The van der Waals surface area contributed by atoms with Crippen molar-refractivity contribution in [3.05, 3.63) is 0 Å². The van der Waals surface area contributed by atoms with Crippen LogP contribution in [0.15, 0.2) is 0 Å². The van der Waals surface area contributed by atoms with Crippen molar-refractivity contribution < 1.29 is 57.9 Å². The van der Waals surface area contributed by atoms with Gasteiger partial charge in [0.05, 0.1) is 39.6 Å². The lowest BCUT2D eigenvalue weighted by Gasteiger charge is -2.14. The minimum absolute atomic E-state index is 0.0225. The molecule has 1 atom stereocenters. The van der Waals surface area contributed by atoms with Crippen molar-refractivity contribution in [1.82, 2.24) is 21.3 Å². The molecule has 0 aromatic rings. The van der Waals surface area contributed by atoms with Gasteiger partial charge in [-0.1, -0.05) is 58.3 Å². The standard InChI is InChI=1S/C34H62N4O12/c1-2-17-35-31(41)26-49-24-22-48-21-19-37-30(40)16-15-28(34(45)46)38-32(42)27-50-25-23-47-20-18-36-29(39)13-11-9-7-5-3-4-6-8-10-12-14-33(43)44/h28H,2-27H2,1H3,(H,35,41)(H,36,39)(H,37,40)(H,38,42)(H,43,44)(H,45,46)/t28-/m0/s1. The summed E-state index contributed by atoms with van der Waals surface area (Å²) in [5.41, 5.74) is 0. The van der Waals surface area contributed by atoms with E-state index in [9.17, 15) is 33.9 Å². The number of nitrogens with one attached hydrogen (secondary N) is 4. The molecule has 0 aromatic heterocycles. The van der Waals surface area contributed by atoms with Gasteiger partial charge < -0.3 is 50.4 Å². The van der Waals surface area contributed by atoms with E-state index in [-0.39, 0.29) is 89.8 Å². The van der Waals surface area contributed by atoms with E-state index in [1.54, 1.807) is 0 Å². The number of carboxylic acids is 2. The molecule has 0 bridgehead atoms. The topological polar surface area (TPSA) is 228 Å². The number of hydrogen-bond donors (Lipinski definition) is 6. The Morgan fingerprint density at radius 3 is 1.44 bits per heavy atom. The van der Waals surface area contributed by atoms with Crippen LogP contribution in [-0.4, -0.2) is 124 Å². The van der Waals surface area contributed by atoms with Gasteiger partial charge in [0.2, 0.25) is 23.6 Å². The zero-order valence-corrected chi connectivity index (χ0v) is 29.9. The second kappa shape index (κ2) is 34.1. The Balaban J connectivity index is 3.68. The van der Waals surface area contributed by atoms with Gasteiger partial charge in [0.15, 0.2) is 0 Å². The number of carbonyl (C=O) groups excluding carboxylic acids is 4. The molecule has 4 amide bonds. The monoisotopic (exact) mass is 718 g/mol. The Kier molecular flexibility index (Phi) is 31.8. The van der Waals surface area contributed by atoms with Crippen LogP contribution in [0.3, 0.4) is 0 Å². The van der Waals surface area contributed by atoms with Crippen LogP contribution in [-0.2, 0) is 47.7 Å². The fraction of sp³-hybridized carbons (Fsp3) is 0.824. The highest BCUT2D eigenvalue weighted by Gasteiger charge is 2.21. The predicted molar refractivity (Wildman–Crippen MR) is 184 cm³/mol. The molecular weight excluding hydrogens is 656 g/mol. The van der Waals surface area contributed by atoms with Crippen LogP contribution in [0.2, 0.25) is 0 Å². The Hall–Kier alpha value is -3.34. The number of amides is 4. The van der Waals surface area contributed by atoms with Crippen molar-refractivity contribution in [3.63, 3.8) is 0 Å². The first-order valence-electron chi connectivity index (χ1n) is 18.0. The summed E-state index contributed by atoms with van der Waals surface area (Å²) in [7, 11) is 0. The average molecular weight is 719 g/mol. The SMILES string of the molecule is CCCNC(=O)COCCOCCNC(=O)CC[C@H](NC(=O)COCCOCCNC(=O)CCCCCCCCCCCCC(=O)O)C(=O)O. The van der Waals surface area contributed by atoms with E-state index < -0.39 is 23.9 Å². The second-order valence-electron chi connectivity index (χ2n) is 11.8. The molecule has 0 fully saturated rings. The van der Waals surface area contributed by atoms with Crippen molar-refractivity contribution in [1.29, 1.82) is 0 Å². The number of aliphatic carboxylic acids is 2. The summed E-state index contributed by atoms with van der Waals surface area (Å²) in [6.07, 6.45) is 11.7. The third-order valence-electron chi connectivity index (χ3n) is 7.26. The summed E-state index contributed by atoms with van der Waals surface area (Å²) >= 11 is 0. The van der Waals surface area contributed by atoms with Gasteiger partial charge in [-0.05, 0) is 25.7 Å². The fourth-order valence-electron chi connectivity index (χ4n) is 4.53. The highest BCUT2D eigenvalue weighted by molar-refractivity contribution is 5.85. The van der Waals surface area contributed by atoms with Crippen LogP contribution >= 0.6 is 0 Å². The van der Waals surface area contributed by atoms with E-state index in [0.717, 1.165) is 57.8 Å². The number of unbranched alkanes of at least 4 members (excludes halogenated alkanes) is 9. The van der Waals surface area contributed by atoms with Gasteiger partial charge in [-0.25, -0.2) is 4.79 Å². The van der Waals surface area contributed by atoms with E-state index >= 15 is 0 Å². The Labute approximate surface area is 296 Å². The van der Waals surface area contributed by atoms with Gasteiger partial charge in [0.25, 0.3) is 0 Å². The number of hydrogen-bond acceptors (Lipinski definition) is 10. The first-order valence-corrected chi connectivity index (χ1v) is 18.0. The van der Waals surface area contributed by atoms with Gasteiger partial charge in [-0.2, -0.15) is 0 Å². The lowest BCUT2D eigenvalue weighted by atomic mass is 10.1. The Bertz CT molecular complexity index is 938. The molecule has 16 nitrogen and oxygen atoms in total. The normalized spacial score (nSPS) is 11.5. The number of rotatable bonds is 36. The van der Waals surface area contributed by atoms with E-state index in [2.05, 4.69) is 21.3 Å². The van der Waals surface area contributed by atoms with Crippen LogP contribution in [0.5, 0.6) is 0 Å². The van der Waals surface area contributed by atoms with Crippen molar-refractivity contribution in [2.75, 3.05) is 72.5 Å². The summed E-state index contributed by atoms with van der Waals surface area (Å²) in [5.74, 6) is -3.22. The van der Waals surface area contributed by atoms with Gasteiger partial charge in [0.1, 0.15) is 19.3 Å².